The maximum absolute atomic E-state index is 12.4. The second kappa shape index (κ2) is 8.08. The maximum Gasteiger partial charge on any atom is 0.267 e. The molecule has 2 aromatic carbocycles. The number of nitrogens with zero attached hydrogens (tertiary/aromatic N) is 2. The number of ether oxygens (including phenoxy) is 2. The zero-order valence-corrected chi connectivity index (χ0v) is 16.0. The van der Waals surface area contributed by atoms with Crippen LogP contribution in [0.2, 0.25) is 0 Å². The minimum absolute atomic E-state index is 0.162. The van der Waals surface area contributed by atoms with Gasteiger partial charge in [0.1, 0.15) is 6.54 Å². The summed E-state index contributed by atoms with van der Waals surface area (Å²) in [6.07, 6.45) is 0. The molecule has 1 aliphatic rings. The molecule has 0 atom stereocenters. The molecule has 2 amide bonds. The Hall–Kier alpha value is -4.14. The number of rotatable bonds is 5. The van der Waals surface area contributed by atoms with E-state index in [1.165, 1.54) is 13.0 Å². The van der Waals surface area contributed by atoms with Crippen LogP contribution in [0.25, 0.3) is 11.3 Å². The summed E-state index contributed by atoms with van der Waals surface area (Å²) in [5, 5.41) is 9.64. The van der Waals surface area contributed by atoms with Crippen LogP contribution in [0.15, 0.2) is 59.4 Å². The molecule has 2 heterocycles. The molecule has 0 radical (unpaired) electrons. The molecule has 9 nitrogen and oxygen atoms in total. The van der Waals surface area contributed by atoms with E-state index in [1.807, 2.05) is 0 Å². The fourth-order valence-electron chi connectivity index (χ4n) is 2.99. The molecule has 0 fully saturated rings. The molecule has 1 aliphatic heterocycles. The molecule has 9 heteroatoms. The van der Waals surface area contributed by atoms with Crippen LogP contribution in [-0.2, 0) is 16.1 Å². The summed E-state index contributed by atoms with van der Waals surface area (Å²) >= 11 is 0. The quantitative estimate of drug-likeness (QED) is 0.672. The Morgan fingerprint density at radius 3 is 2.57 bits per heavy atom. The number of fused-ring (bicyclic) bond motifs is 1. The number of anilines is 2. The lowest BCUT2D eigenvalue weighted by molar-refractivity contribution is -0.117. The topological polar surface area (TPSA) is 112 Å². The molecule has 4 rings (SSSR count). The van der Waals surface area contributed by atoms with Gasteiger partial charge in [-0.2, -0.15) is 5.10 Å². The molecular formula is C21H18N4O5. The number of carbonyl (C=O) groups is 2. The van der Waals surface area contributed by atoms with Crippen LogP contribution in [0.3, 0.4) is 0 Å². The molecule has 152 valence electrons. The Labute approximate surface area is 171 Å². The fraction of sp³-hybridized carbons (Fsp3) is 0.143. The van der Waals surface area contributed by atoms with Gasteiger partial charge in [-0.3, -0.25) is 14.4 Å². The summed E-state index contributed by atoms with van der Waals surface area (Å²) in [6, 6.07) is 15.0. The molecule has 0 saturated heterocycles. The minimum Gasteiger partial charge on any atom is -0.454 e. The predicted molar refractivity (Wildman–Crippen MR) is 109 cm³/mol. The van der Waals surface area contributed by atoms with Crippen molar-refractivity contribution in [3.63, 3.8) is 0 Å². The van der Waals surface area contributed by atoms with E-state index in [9.17, 15) is 14.4 Å². The van der Waals surface area contributed by atoms with Crippen molar-refractivity contribution >= 4 is 23.2 Å². The van der Waals surface area contributed by atoms with Crippen molar-refractivity contribution in [2.75, 3.05) is 17.4 Å². The molecule has 0 saturated carbocycles. The number of nitrogens with one attached hydrogen (secondary N) is 2. The normalized spacial score (nSPS) is 11.8. The average Bonchev–Trinajstić information content (AvgIpc) is 3.17. The molecule has 3 aromatic rings. The summed E-state index contributed by atoms with van der Waals surface area (Å²) in [5.74, 6) is 0.610. The van der Waals surface area contributed by atoms with Crippen LogP contribution in [0.1, 0.15) is 6.92 Å². The van der Waals surface area contributed by atoms with Gasteiger partial charge in [0, 0.05) is 29.9 Å². The van der Waals surface area contributed by atoms with Crippen LogP contribution in [0.5, 0.6) is 11.5 Å². The van der Waals surface area contributed by atoms with E-state index in [1.54, 1.807) is 48.5 Å². The van der Waals surface area contributed by atoms with Gasteiger partial charge >= 0.3 is 0 Å². The highest BCUT2D eigenvalue weighted by Gasteiger charge is 2.15. The number of hydrogen-bond acceptors (Lipinski definition) is 6. The summed E-state index contributed by atoms with van der Waals surface area (Å²) in [4.78, 5) is 35.8. The summed E-state index contributed by atoms with van der Waals surface area (Å²) < 4.78 is 11.8. The largest absolute Gasteiger partial charge is 0.454 e. The highest BCUT2D eigenvalue weighted by atomic mass is 16.7. The standard InChI is InChI=1S/C21H18N4O5/c1-13(26)22-15-3-2-4-16(10-15)23-20(27)11-25-21(28)8-6-17(24-25)14-5-7-18-19(9-14)30-12-29-18/h2-10H,11-12H2,1H3,(H,22,26)(H,23,27). The predicted octanol–water partition coefficient (Wildman–Crippen LogP) is 2.24. The smallest absolute Gasteiger partial charge is 0.267 e. The van der Waals surface area contributed by atoms with E-state index in [2.05, 4.69) is 15.7 Å². The van der Waals surface area contributed by atoms with Crippen molar-refractivity contribution in [2.24, 2.45) is 0 Å². The van der Waals surface area contributed by atoms with E-state index < -0.39 is 11.5 Å². The van der Waals surface area contributed by atoms with Gasteiger partial charge in [0.05, 0.1) is 5.69 Å². The molecule has 1 aromatic heterocycles. The van der Waals surface area contributed by atoms with Crippen LogP contribution in [0, 0.1) is 0 Å². The van der Waals surface area contributed by atoms with Gasteiger partial charge in [0.15, 0.2) is 11.5 Å². The Bertz CT molecular complexity index is 1190. The summed E-state index contributed by atoms with van der Waals surface area (Å²) in [7, 11) is 0. The van der Waals surface area contributed by atoms with Crippen molar-refractivity contribution in [1.82, 2.24) is 9.78 Å². The second-order valence-electron chi connectivity index (χ2n) is 6.59. The van der Waals surface area contributed by atoms with E-state index >= 15 is 0 Å². The third kappa shape index (κ3) is 4.30. The third-order valence-electron chi connectivity index (χ3n) is 4.30. The molecule has 0 aliphatic carbocycles. The maximum atomic E-state index is 12.4. The lowest BCUT2D eigenvalue weighted by Gasteiger charge is -2.10. The van der Waals surface area contributed by atoms with Crippen molar-refractivity contribution in [3.05, 3.63) is 65.0 Å². The van der Waals surface area contributed by atoms with Gasteiger partial charge < -0.3 is 20.1 Å². The molecule has 0 unspecified atom stereocenters. The summed E-state index contributed by atoms with van der Waals surface area (Å²) in [5.41, 5.74) is 1.90. The Morgan fingerprint density at radius 1 is 1.00 bits per heavy atom. The van der Waals surface area contributed by atoms with E-state index in [0.717, 1.165) is 10.2 Å². The van der Waals surface area contributed by atoms with Crippen molar-refractivity contribution in [1.29, 1.82) is 0 Å². The van der Waals surface area contributed by atoms with E-state index in [-0.39, 0.29) is 19.2 Å². The Morgan fingerprint density at radius 2 is 1.77 bits per heavy atom. The molecule has 2 N–H and O–H groups in total. The van der Waals surface area contributed by atoms with Gasteiger partial charge in [-0.25, -0.2) is 4.68 Å². The second-order valence-corrected chi connectivity index (χ2v) is 6.59. The zero-order chi connectivity index (χ0) is 21.1. The van der Waals surface area contributed by atoms with Crippen LogP contribution in [-0.4, -0.2) is 28.4 Å². The first-order chi connectivity index (χ1) is 14.5. The first-order valence-corrected chi connectivity index (χ1v) is 9.14. The molecular weight excluding hydrogens is 388 g/mol. The van der Waals surface area contributed by atoms with Gasteiger partial charge in [0.25, 0.3) is 5.56 Å². The molecule has 0 bridgehead atoms. The van der Waals surface area contributed by atoms with Gasteiger partial charge in [0.2, 0.25) is 18.6 Å². The Kier molecular flexibility index (Phi) is 5.17. The third-order valence-corrected chi connectivity index (χ3v) is 4.30. The van der Waals surface area contributed by atoms with Gasteiger partial charge in [-0.15, -0.1) is 0 Å². The molecule has 0 spiro atoms. The van der Waals surface area contributed by atoms with Crippen LogP contribution in [0.4, 0.5) is 11.4 Å². The first kappa shape index (κ1) is 19.2. The number of amides is 2. The first-order valence-electron chi connectivity index (χ1n) is 9.14. The van der Waals surface area contributed by atoms with Crippen molar-refractivity contribution < 1.29 is 19.1 Å². The van der Waals surface area contributed by atoms with Crippen LogP contribution >= 0.6 is 0 Å². The van der Waals surface area contributed by atoms with E-state index in [4.69, 9.17) is 9.47 Å². The number of aromatic nitrogens is 2. The highest BCUT2D eigenvalue weighted by molar-refractivity contribution is 5.93. The zero-order valence-electron chi connectivity index (χ0n) is 16.0. The van der Waals surface area contributed by atoms with Crippen molar-refractivity contribution in [3.8, 4) is 22.8 Å². The minimum atomic E-state index is -0.424. The number of hydrogen-bond donors (Lipinski definition) is 2. The van der Waals surface area contributed by atoms with Crippen molar-refractivity contribution in [2.45, 2.75) is 13.5 Å². The molecule has 30 heavy (non-hydrogen) atoms. The monoisotopic (exact) mass is 406 g/mol. The average molecular weight is 406 g/mol. The number of benzene rings is 2. The fourth-order valence-corrected chi connectivity index (χ4v) is 2.99. The highest BCUT2D eigenvalue weighted by Crippen LogP contribution is 2.35. The summed E-state index contributed by atoms with van der Waals surface area (Å²) in [6.45, 7) is 1.30. The number of carbonyl (C=O) groups excluding carboxylic acids is 2. The Balaban J connectivity index is 1.51. The lowest BCUT2D eigenvalue weighted by atomic mass is 10.1. The SMILES string of the molecule is CC(=O)Nc1cccc(NC(=O)Cn2nc(-c3ccc4c(c3)OCO4)ccc2=O)c1. The van der Waals surface area contributed by atoms with Gasteiger partial charge in [-0.1, -0.05) is 6.07 Å². The lowest BCUT2D eigenvalue weighted by Crippen LogP contribution is -2.29. The van der Waals surface area contributed by atoms with E-state index in [0.29, 0.717) is 28.6 Å². The van der Waals surface area contributed by atoms with Gasteiger partial charge in [-0.05, 0) is 42.5 Å². The van der Waals surface area contributed by atoms with Crippen LogP contribution < -0.4 is 25.7 Å².